The first kappa shape index (κ1) is 30.8. The second-order valence-electron chi connectivity index (χ2n) is 8.68. The Bertz CT molecular complexity index is 1010. The van der Waals surface area contributed by atoms with Crippen molar-refractivity contribution in [3.8, 4) is 5.75 Å². The van der Waals surface area contributed by atoms with Crippen LogP contribution < -0.4 is 4.74 Å². The highest BCUT2D eigenvalue weighted by molar-refractivity contribution is 6.32. The van der Waals surface area contributed by atoms with Crippen molar-refractivity contribution in [3.05, 3.63) is 71.4 Å². The van der Waals surface area contributed by atoms with E-state index in [1.165, 1.54) is 60.8 Å². The fraction of sp³-hybridized carbons (Fsp3) is 0.484. The van der Waals surface area contributed by atoms with Crippen LogP contribution >= 0.6 is 11.6 Å². The van der Waals surface area contributed by atoms with Gasteiger partial charge < -0.3 is 14.2 Å². The lowest BCUT2D eigenvalue weighted by atomic mass is 10.0. The molecule has 0 aliphatic rings. The molecular formula is C31H47ClN2O. The predicted octanol–water partition coefficient (Wildman–Crippen LogP) is 9.12. The molecule has 0 aliphatic heterocycles. The van der Waals surface area contributed by atoms with Crippen LogP contribution in [-0.4, -0.2) is 36.7 Å². The molecule has 0 saturated heterocycles. The number of halogens is 1. The van der Waals surface area contributed by atoms with Gasteiger partial charge in [0, 0.05) is 23.7 Å². The Morgan fingerprint density at radius 3 is 2.26 bits per heavy atom. The molecule has 1 aromatic heterocycles. The number of aryl methyl sites for hydroxylation is 2. The second-order valence-corrected chi connectivity index (χ2v) is 9.09. The first-order chi connectivity index (χ1) is 16.9. The van der Waals surface area contributed by atoms with Crippen molar-refractivity contribution in [2.75, 3.05) is 27.2 Å². The highest BCUT2D eigenvalue weighted by Gasteiger charge is 2.12. The molecule has 0 atom stereocenters. The SMILES string of the molecule is C=C(C)c1cn(CCCN(C)CCCCC)c2c(CC)cccc12.CC.COc1ccccc1Cl. The van der Waals surface area contributed by atoms with E-state index in [0.717, 1.165) is 24.3 Å². The van der Waals surface area contributed by atoms with Crippen LogP contribution in [0.4, 0.5) is 0 Å². The number of hydrogen-bond acceptors (Lipinski definition) is 2. The molecule has 3 nitrogen and oxygen atoms in total. The Kier molecular flexibility index (Phi) is 15.2. The van der Waals surface area contributed by atoms with Crippen LogP contribution in [-0.2, 0) is 13.0 Å². The van der Waals surface area contributed by atoms with Gasteiger partial charge in [-0.3, -0.25) is 0 Å². The van der Waals surface area contributed by atoms with Crippen molar-refractivity contribution in [2.24, 2.45) is 0 Å². The third-order valence-corrected chi connectivity index (χ3v) is 6.27. The molecule has 0 unspecified atom stereocenters. The largest absolute Gasteiger partial charge is 0.495 e. The van der Waals surface area contributed by atoms with E-state index in [4.69, 9.17) is 16.3 Å². The highest BCUT2D eigenvalue weighted by Crippen LogP contribution is 2.29. The number of aromatic nitrogens is 1. The number of benzene rings is 2. The molecule has 0 spiro atoms. The Balaban J connectivity index is 0.000000464. The monoisotopic (exact) mass is 498 g/mol. The van der Waals surface area contributed by atoms with Gasteiger partial charge in [0.05, 0.1) is 17.6 Å². The van der Waals surface area contributed by atoms with E-state index < -0.39 is 0 Å². The molecule has 0 aliphatic carbocycles. The molecule has 0 fully saturated rings. The minimum Gasteiger partial charge on any atom is -0.495 e. The summed E-state index contributed by atoms with van der Waals surface area (Å²) in [7, 11) is 3.85. The van der Waals surface area contributed by atoms with Crippen molar-refractivity contribution in [3.63, 3.8) is 0 Å². The van der Waals surface area contributed by atoms with E-state index in [9.17, 15) is 0 Å². The van der Waals surface area contributed by atoms with Crippen LogP contribution in [0.1, 0.15) is 71.4 Å². The Hall–Kier alpha value is -2.23. The summed E-state index contributed by atoms with van der Waals surface area (Å²) in [5.74, 6) is 0.721. The van der Waals surface area contributed by atoms with Crippen LogP contribution in [0.3, 0.4) is 0 Å². The number of ether oxygens (including phenoxy) is 1. The third kappa shape index (κ3) is 9.74. The molecule has 3 aromatic rings. The van der Waals surface area contributed by atoms with Crippen LogP contribution in [0.15, 0.2) is 55.2 Å². The number of hydrogen-bond donors (Lipinski definition) is 0. The lowest BCUT2D eigenvalue weighted by Crippen LogP contribution is -2.22. The number of nitrogens with zero attached hydrogens (tertiary/aromatic N) is 2. The summed E-state index contributed by atoms with van der Waals surface area (Å²) in [4.78, 5) is 2.47. The molecule has 35 heavy (non-hydrogen) atoms. The molecule has 194 valence electrons. The minimum atomic E-state index is 0.653. The molecule has 2 aromatic carbocycles. The van der Waals surface area contributed by atoms with E-state index in [1.54, 1.807) is 13.2 Å². The number of allylic oxidation sites excluding steroid dienone is 1. The maximum absolute atomic E-state index is 5.70. The summed E-state index contributed by atoms with van der Waals surface area (Å²) in [6, 6.07) is 14.0. The summed E-state index contributed by atoms with van der Waals surface area (Å²) in [5, 5.41) is 2.01. The van der Waals surface area contributed by atoms with Crippen molar-refractivity contribution in [1.82, 2.24) is 9.47 Å². The number of para-hydroxylation sites is 2. The fourth-order valence-corrected chi connectivity index (χ4v) is 4.32. The molecule has 0 radical (unpaired) electrons. The van der Waals surface area contributed by atoms with Gasteiger partial charge in [-0.05, 0) is 69.6 Å². The average Bonchev–Trinajstić information content (AvgIpc) is 3.25. The quantitative estimate of drug-likeness (QED) is 0.245. The average molecular weight is 499 g/mol. The topological polar surface area (TPSA) is 17.4 Å². The van der Waals surface area contributed by atoms with Crippen LogP contribution in [0.25, 0.3) is 16.5 Å². The maximum Gasteiger partial charge on any atom is 0.137 e. The molecule has 0 N–H and O–H groups in total. The van der Waals surface area contributed by atoms with E-state index in [0.29, 0.717) is 5.02 Å². The van der Waals surface area contributed by atoms with Gasteiger partial charge in [-0.15, -0.1) is 0 Å². The van der Waals surface area contributed by atoms with Crippen molar-refractivity contribution in [1.29, 1.82) is 0 Å². The highest BCUT2D eigenvalue weighted by atomic mass is 35.5. The van der Waals surface area contributed by atoms with E-state index in [1.807, 2.05) is 32.0 Å². The van der Waals surface area contributed by atoms with E-state index in [-0.39, 0.29) is 0 Å². The normalized spacial score (nSPS) is 10.4. The van der Waals surface area contributed by atoms with Crippen LogP contribution in [0.5, 0.6) is 5.75 Å². The summed E-state index contributed by atoms with van der Waals surface area (Å²) >= 11 is 5.70. The second kappa shape index (κ2) is 17.2. The summed E-state index contributed by atoms with van der Waals surface area (Å²) < 4.78 is 7.37. The van der Waals surface area contributed by atoms with Gasteiger partial charge in [0.15, 0.2) is 0 Å². The van der Waals surface area contributed by atoms with Crippen LogP contribution in [0.2, 0.25) is 5.02 Å². The van der Waals surface area contributed by atoms with Gasteiger partial charge in [0.25, 0.3) is 0 Å². The molecule has 0 bridgehead atoms. The zero-order valence-electron chi connectivity index (χ0n) is 23.2. The predicted molar refractivity (Wildman–Crippen MR) is 157 cm³/mol. The van der Waals surface area contributed by atoms with Crippen LogP contribution in [0, 0.1) is 0 Å². The lowest BCUT2D eigenvalue weighted by Gasteiger charge is -2.17. The van der Waals surface area contributed by atoms with Crippen molar-refractivity contribution >= 4 is 28.1 Å². The lowest BCUT2D eigenvalue weighted by molar-refractivity contribution is 0.314. The van der Waals surface area contributed by atoms with E-state index >= 15 is 0 Å². The smallest absolute Gasteiger partial charge is 0.137 e. The zero-order valence-corrected chi connectivity index (χ0v) is 23.9. The Labute approximate surface area is 219 Å². The van der Waals surface area contributed by atoms with Crippen molar-refractivity contribution in [2.45, 2.75) is 73.3 Å². The number of unbranched alkanes of at least 4 members (excludes halogenated alkanes) is 2. The first-order valence-electron chi connectivity index (χ1n) is 13.2. The number of methoxy groups -OCH3 is 1. The molecule has 4 heteroatoms. The van der Waals surface area contributed by atoms with Gasteiger partial charge in [-0.2, -0.15) is 0 Å². The Morgan fingerprint density at radius 2 is 1.69 bits per heavy atom. The molecule has 1 heterocycles. The number of rotatable bonds is 11. The summed E-state index contributed by atoms with van der Waals surface area (Å²) in [6.45, 7) is 18.3. The molecular weight excluding hydrogens is 452 g/mol. The summed E-state index contributed by atoms with van der Waals surface area (Å²) in [6.07, 6.45) is 8.54. The zero-order chi connectivity index (χ0) is 26.2. The minimum absolute atomic E-state index is 0.653. The maximum atomic E-state index is 5.70. The molecule has 0 amide bonds. The Morgan fingerprint density at radius 1 is 1.00 bits per heavy atom. The summed E-state index contributed by atoms with van der Waals surface area (Å²) in [5.41, 5.74) is 5.31. The van der Waals surface area contributed by atoms with Gasteiger partial charge >= 0.3 is 0 Å². The van der Waals surface area contributed by atoms with Gasteiger partial charge in [-0.25, -0.2) is 0 Å². The molecule has 3 rings (SSSR count). The van der Waals surface area contributed by atoms with Gasteiger partial charge in [0.2, 0.25) is 0 Å². The number of fused-ring (bicyclic) bond motifs is 1. The van der Waals surface area contributed by atoms with Crippen molar-refractivity contribution < 1.29 is 4.74 Å². The van der Waals surface area contributed by atoms with Gasteiger partial charge in [0.1, 0.15) is 5.75 Å². The van der Waals surface area contributed by atoms with E-state index in [2.05, 4.69) is 68.3 Å². The third-order valence-electron chi connectivity index (χ3n) is 5.96. The first-order valence-corrected chi connectivity index (χ1v) is 13.5. The standard InChI is InChI=1S/C22H34N2.C7H7ClO.C2H6/c1-6-8-9-14-23(5)15-11-16-24-17-21(18(3)4)20-13-10-12-19(7-2)22(20)24;1-9-7-5-3-2-4-6(7)8;1-2/h10,12-13,17H,3,6-9,11,14-16H2,1-2,4-5H3;2-5H,1H3;1-2H3. The molecule has 0 saturated carbocycles. The van der Waals surface area contributed by atoms with Gasteiger partial charge in [-0.1, -0.05) is 89.0 Å². The fourth-order valence-electron chi connectivity index (χ4n) is 4.10.